The van der Waals surface area contributed by atoms with Gasteiger partial charge in [0.25, 0.3) is 0 Å². The standard InChI is InChI=1S/C15H15BrN2O/c1-17-18-10-12-4-8-15(9-5-12)19-11-13-2-6-14(16)7-3-13/h2-10,17H,11H2,1H3/b18-10+. The van der Waals surface area contributed by atoms with Gasteiger partial charge in [-0.25, -0.2) is 0 Å². The van der Waals surface area contributed by atoms with Gasteiger partial charge in [-0.1, -0.05) is 28.1 Å². The summed E-state index contributed by atoms with van der Waals surface area (Å²) in [5, 5.41) is 3.95. The number of nitrogens with zero attached hydrogens (tertiary/aromatic N) is 1. The van der Waals surface area contributed by atoms with Gasteiger partial charge >= 0.3 is 0 Å². The highest BCUT2D eigenvalue weighted by molar-refractivity contribution is 9.10. The predicted molar refractivity (Wildman–Crippen MR) is 81.6 cm³/mol. The van der Waals surface area contributed by atoms with E-state index in [1.165, 1.54) is 0 Å². The van der Waals surface area contributed by atoms with Gasteiger partial charge in [0.15, 0.2) is 0 Å². The molecular formula is C15H15BrN2O. The molecule has 0 saturated heterocycles. The SMILES string of the molecule is CN/N=C/c1ccc(OCc2ccc(Br)cc2)cc1. The Morgan fingerprint density at radius 2 is 1.79 bits per heavy atom. The first kappa shape index (κ1) is 13.6. The molecule has 4 heteroatoms. The minimum atomic E-state index is 0.567. The summed E-state index contributed by atoms with van der Waals surface area (Å²) in [7, 11) is 1.77. The number of hydrogen-bond donors (Lipinski definition) is 1. The van der Waals surface area contributed by atoms with Gasteiger partial charge in [-0.05, 0) is 47.5 Å². The molecule has 0 atom stereocenters. The molecule has 3 nitrogen and oxygen atoms in total. The predicted octanol–water partition coefficient (Wildman–Crippen LogP) is 3.58. The molecule has 2 aromatic rings. The molecule has 0 fully saturated rings. The molecule has 0 unspecified atom stereocenters. The van der Waals surface area contributed by atoms with Crippen LogP contribution in [0.25, 0.3) is 0 Å². The molecular weight excluding hydrogens is 304 g/mol. The Morgan fingerprint density at radius 1 is 1.11 bits per heavy atom. The topological polar surface area (TPSA) is 33.6 Å². The van der Waals surface area contributed by atoms with Crippen molar-refractivity contribution in [3.8, 4) is 5.75 Å². The zero-order valence-electron chi connectivity index (χ0n) is 10.6. The molecule has 0 aliphatic carbocycles. The monoisotopic (exact) mass is 318 g/mol. The Bertz CT molecular complexity index is 535. The lowest BCUT2D eigenvalue weighted by Crippen LogP contribution is -1.96. The summed E-state index contributed by atoms with van der Waals surface area (Å²) >= 11 is 3.41. The molecule has 1 N–H and O–H groups in total. The van der Waals surface area contributed by atoms with E-state index < -0.39 is 0 Å². The second-order valence-electron chi connectivity index (χ2n) is 3.97. The van der Waals surface area contributed by atoms with Crippen LogP contribution >= 0.6 is 15.9 Å². The minimum absolute atomic E-state index is 0.567. The Hall–Kier alpha value is -1.81. The Kier molecular flexibility index (Phi) is 4.98. The van der Waals surface area contributed by atoms with E-state index in [4.69, 9.17) is 4.74 Å². The Labute approximate surface area is 121 Å². The first-order chi connectivity index (χ1) is 9.28. The van der Waals surface area contributed by atoms with E-state index in [0.29, 0.717) is 6.61 Å². The van der Waals surface area contributed by atoms with Crippen molar-refractivity contribution in [2.45, 2.75) is 6.61 Å². The maximum atomic E-state index is 5.72. The number of halogens is 1. The minimum Gasteiger partial charge on any atom is -0.489 e. The summed E-state index contributed by atoms with van der Waals surface area (Å²) in [6.45, 7) is 0.567. The van der Waals surface area contributed by atoms with Crippen LogP contribution in [0.4, 0.5) is 0 Å². The average molecular weight is 319 g/mol. The van der Waals surface area contributed by atoms with Gasteiger partial charge in [-0.2, -0.15) is 5.10 Å². The van der Waals surface area contributed by atoms with Gasteiger partial charge < -0.3 is 10.2 Å². The molecule has 0 aromatic heterocycles. The van der Waals surface area contributed by atoms with Crippen molar-refractivity contribution in [2.24, 2.45) is 5.10 Å². The number of ether oxygens (including phenoxy) is 1. The molecule has 0 heterocycles. The molecule has 2 aromatic carbocycles. The zero-order chi connectivity index (χ0) is 13.5. The molecule has 0 bridgehead atoms. The maximum absolute atomic E-state index is 5.72. The largest absolute Gasteiger partial charge is 0.489 e. The van der Waals surface area contributed by atoms with Crippen molar-refractivity contribution < 1.29 is 4.74 Å². The van der Waals surface area contributed by atoms with Crippen LogP contribution in [0, 0.1) is 0 Å². The molecule has 0 radical (unpaired) electrons. The van der Waals surface area contributed by atoms with Gasteiger partial charge in [-0.3, -0.25) is 0 Å². The number of nitrogens with one attached hydrogen (secondary N) is 1. The van der Waals surface area contributed by atoms with E-state index in [1.54, 1.807) is 13.3 Å². The van der Waals surface area contributed by atoms with Gasteiger partial charge in [-0.15, -0.1) is 0 Å². The highest BCUT2D eigenvalue weighted by Gasteiger charge is 1.96. The van der Waals surface area contributed by atoms with Crippen molar-refractivity contribution in [3.05, 3.63) is 64.1 Å². The summed E-state index contributed by atoms with van der Waals surface area (Å²) in [6, 6.07) is 15.9. The third-order valence-corrected chi connectivity index (χ3v) is 3.07. The number of benzene rings is 2. The first-order valence-electron chi connectivity index (χ1n) is 5.95. The first-order valence-corrected chi connectivity index (χ1v) is 6.74. The highest BCUT2D eigenvalue weighted by Crippen LogP contribution is 2.15. The van der Waals surface area contributed by atoms with E-state index in [0.717, 1.165) is 21.3 Å². The van der Waals surface area contributed by atoms with Gasteiger partial charge in [0, 0.05) is 11.5 Å². The number of hydrazone groups is 1. The second-order valence-corrected chi connectivity index (χ2v) is 4.88. The second kappa shape index (κ2) is 6.95. The average Bonchev–Trinajstić information content (AvgIpc) is 2.46. The van der Waals surface area contributed by atoms with Crippen LogP contribution in [0.3, 0.4) is 0 Å². The lowest BCUT2D eigenvalue weighted by molar-refractivity contribution is 0.306. The molecule has 0 aliphatic heterocycles. The molecule has 19 heavy (non-hydrogen) atoms. The molecule has 0 spiro atoms. The Morgan fingerprint density at radius 3 is 2.42 bits per heavy atom. The van der Waals surface area contributed by atoms with Crippen molar-refractivity contribution in [2.75, 3.05) is 7.05 Å². The van der Waals surface area contributed by atoms with Crippen LogP contribution in [0.1, 0.15) is 11.1 Å². The maximum Gasteiger partial charge on any atom is 0.119 e. The van der Waals surface area contributed by atoms with Gasteiger partial charge in [0.05, 0.1) is 6.21 Å². The van der Waals surface area contributed by atoms with Crippen molar-refractivity contribution in [3.63, 3.8) is 0 Å². The van der Waals surface area contributed by atoms with Crippen molar-refractivity contribution in [1.29, 1.82) is 0 Å². The number of hydrogen-bond acceptors (Lipinski definition) is 3. The number of rotatable bonds is 5. The molecule has 0 aliphatic rings. The zero-order valence-corrected chi connectivity index (χ0v) is 12.2. The van der Waals surface area contributed by atoms with Crippen LogP contribution < -0.4 is 10.2 Å². The van der Waals surface area contributed by atoms with E-state index in [-0.39, 0.29) is 0 Å². The highest BCUT2D eigenvalue weighted by atomic mass is 79.9. The molecule has 2 rings (SSSR count). The quantitative estimate of drug-likeness (QED) is 0.675. The summed E-state index contributed by atoms with van der Waals surface area (Å²) in [6.07, 6.45) is 1.76. The summed E-state index contributed by atoms with van der Waals surface area (Å²) in [5.41, 5.74) is 4.89. The summed E-state index contributed by atoms with van der Waals surface area (Å²) < 4.78 is 6.79. The van der Waals surface area contributed by atoms with Gasteiger partial charge in [0.1, 0.15) is 12.4 Å². The molecule has 98 valence electrons. The molecule has 0 amide bonds. The fourth-order valence-electron chi connectivity index (χ4n) is 1.54. The van der Waals surface area contributed by atoms with Crippen LogP contribution in [-0.4, -0.2) is 13.3 Å². The van der Waals surface area contributed by atoms with E-state index in [1.807, 2.05) is 48.5 Å². The summed E-state index contributed by atoms with van der Waals surface area (Å²) in [4.78, 5) is 0. The van der Waals surface area contributed by atoms with Crippen molar-refractivity contribution in [1.82, 2.24) is 5.43 Å². The van der Waals surface area contributed by atoms with Crippen LogP contribution in [0.15, 0.2) is 58.1 Å². The lowest BCUT2D eigenvalue weighted by atomic mass is 10.2. The van der Waals surface area contributed by atoms with Crippen LogP contribution in [0.2, 0.25) is 0 Å². The van der Waals surface area contributed by atoms with E-state index in [9.17, 15) is 0 Å². The molecule has 0 saturated carbocycles. The normalized spacial score (nSPS) is 10.6. The lowest BCUT2D eigenvalue weighted by Gasteiger charge is -2.06. The fourth-order valence-corrected chi connectivity index (χ4v) is 1.80. The van der Waals surface area contributed by atoms with E-state index in [2.05, 4.69) is 26.5 Å². The third-order valence-electron chi connectivity index (χ3n) is 2.54. The fraction of sp³-hybridized carbons (Fsp3) is 0.133. The summed E-state index contributed by atoms with van der Waals surface area (Å²) in [5.74, 6) is 0.851. The Balaban J connectivity index is 1.92. The third kappa shape index (κ3) is 4.41. The van der Waals surface area contributed by atoms with Crippen molar-refractivity contribution >= 4 is 22.1 Å². The van der Waals surface area contributed by atoms with Gasteiger partial charge in [0.2, 0.25) is 0 Å². The van der Waals surface area contributed by atoms with Crippen LogP contribution in [0.5, 0.6) is 5.75 Å². The van der Waals surface area contributed by atoms with E-state index >= 15 is 0 Å². The smallest absolute Gasteiger partial charge is 0.119 e. The van der Waals surface area contributed by atoms with Crippen LogP contribution in [-0.2, 0) is 6.61 Å².